The molecular formula is C20H30N2O3. The first-order valence-electron chi connectivity index (χ1n) is 9.00. The van der Waals surface area contributed by atoms with E-state index in [4.69, 9.17) is 4.74 Å². The Labute approximate surface area is 150 Å². The summed E-state index contributed by atoms with van der Waals surface area (Å²) in [5.74, 6) is 0.747. The number of carbonyl (C=O) groups is 2. The number of amides is 2. The zero-order chi connectivity index (χ0) is 18.6. The topological polar surface area (TPSA) is 49.9 Å². The molecule has 2 amide bonds. The van der Waals surface area contributed by atoms with Crippen molar-refractivity contribution in [2.75, 3.05) is 26.2 Å². The van der Waals surface area contributed by atoms with Crippen molar-refractivity contribution in [3.8, 4) is 5.75 Å². The van der Waals surface area contributed by atoms with Crippen LogP contribution in [0.3, 0.4) is 0 Å². The van der Waals surface area contributed by atoms with Gasteiger partial charge in [-0.05, 0) is 36.5 Å². The highest BCUT2D eigenvalue weighted by Crippen LogP contribution is 2.24. The molecule has 1 aromatic carbocycles. The predicted molar refractivity (Wildman–Crippen MR) is 98.7 cm³/mol. The van der Waals surface area contributed by atoms with Gasteiger partial charge in [-0.15, -0.1) is 0 Å². The SMILES string of the molecule is CC(=O)N1CCCN(C(=O)C(C)Oc2ccc(C(C)(C)C)cc2)CC1. The van der Waals surface area contributed by atoms with Crippen LogP contribution >= 0.6 is 0 Å². The summed E-state index contributed by atoms with van der Waals surface area (Å²) in [5.41, 5.74) is 1.32. The van der Waals surface area contributed by atoms with Crippen molar-refractivity contribution in [2.45, 2.75) is 52.6 Å². The summed E-state index contributed by atoms with van der Waals surface area (Å²) in [6.45, 7) is 12.4. The highest BCUT2D eigenvalue weighted by molar-refractivity contribution is 5.81. The van der Waals surface area contributed by atoms with E-state index in [1.165, 1.54) is 5.56 Å². The largest absolute Gasteiger partial charge is 0.481 e. The molecule has 5 nitrogen and oxygen atoms in total. The Bertz CT molecular complexity index is 604. The van der Waals surface area contributed by atoms with E-state index in [9.17, 15) is 9.59 Å². The van der Waals surface area contributed by atoms with Crippen LogP contribution in [0.4, 0.5) is 0 Å². The molecule has 0 spiro atoms. The Morgan fingerprint density at radius 3 is 2.12 bits per heavy atom. The first-order chi connectivity index (χ1) is 11.7. The van der Waals surface area contributed by atoms with Crippen molar-refractivity contribution in [2.24, 2.45) is 0 Å². The summed E-state index contributed by atoms with van der Waals surface area (Å²) in [5, 5.41) is 0. The number of rotatable bonds is 3. The third-order valence-corrected chi connectivity index (χ3v) is 4.63. The Morgan fingerprint density at radius 2 is 1.56 bits per heavy atom. The third-order valence-electron chi connectivity index (χ3n) is 4.63. The molecule has 1 atom stereocenters. The zero-order valence-corrected chi connectivity index (χ0v) is 16.0. The summed E-state index contributed by atoms with van der Waals surface area (Å²) in [6.07, 6.45) is 0.266. The molecule has 0 aromatic heterocycles. The van der Waals surface area contributed by atoms with Gasteiger partial charge in [0.25, 0.3) is 5.91 Å². The molecule has 1 unspecified atom stereocenters. The van der Waals surface area contributed by atoms with Crippen LogP contribution in [0.15, 0.2) is 24.3 Å². The van der Waals surface area contributed by atoms with Crippen LogP contribution in [-0.4, -0.2) is 53.9 Å². The maximum absolute atomic E-state index is 12.7. The number of benzene rings is 1. The summed E-state index contributed by atoms with van der Waals surface area (Å²) in [7, 11) is 0. The van der Waals surface area contributed by atoms with Crippen molar-refractivity contribution >= 4 is 11.8 Å². The van der Waals surface area contributed by atoms with Gasteiger partial charge in [0.15, 0.2) is 6.10 Å². The molecule has 5 heteroatoms. The molecule has 1 aromatic rings. The van der Waals surface area contributed by atoms with E-state index in [2.05, 4.69) is 20.8 Å². The lowest BCUT2D eigenvalue weighted by atomic mass is 9.87. The van der Waals surface area contributed by atoms with Gasteiger partial charge in [0.1, 0.15) is 5.75 Å². The van der Waals surface area contributed by atoms with E-state index < -0.39 is 6.10 Å². The fourth-order valence-corrected chi connectivity index (χ4v) is 3.00. The minimum atomic E-state index is -0.538. The van der Waals surface area contributed by atoms with Gasteiger partial charge in [0.2, 0.25) is 5.91 Å². The van der Waals surface area contributed by atoms with Gasteiger partial charge in [-0.1, -0.05) is 32.9 Å². The standard InChI is InChI=1S/C20H30N2O3/c1-15(25-18-9-7-17(8-10-18)20(3,4)5)19(24)22-12-6-11-21(13-14-22)16(2)23/h7-10,15H,6,11-14H2,1-5H3. The number of hydrogen-bond acceptors (Lipinski definition) is 3. The smallest absolute Gasteiger partial charge is 0.263 e. The van der Waals surface area contributed by atoms with Gasteiger partial charge in [0.05, 0.1) is 0 Å². The second-order valence-corrected chi connectivity index (χ2v) is 7.72. The molecular weight excluding hydrogens is 316 g/mol. The minimum Gasteiger partial charge on any atom is -0.481 e. The summed E-state index contributed by atoms with van der Waals surface area (Å²) >= 11 is 0. The Hall–Kier alpha value is -2.04. The second-order valence-electron chi connectivity index (χ2n) is 7.72. The summed E-state index contributed by atoms with van der Waals surface area (Å²) in [6, 6.07) is 7.93. The summed E-state index contributed by atoms with van der Waals surface area (Å²) in [4.78, 5) is 27.8. The lowest BCUT2D eigenvalue weighted by molar-refractivity contribution is -0.138. The van der Waals surface area contributed by atoms with E-state index in [0.29, 0.717) is 31.9 Å². The molecule has 25 heavy (non-hydrogen) atoms. The minimum absolute atomic E-state index is 0.0229. The lowest BCUT2D eigenvalue weighted by Crippen LogP contribution is -2.42. The fourth-order valence-electron chi connectivity index (χ4n) is 3.00. The van der Waals surface area contributed by atoms with E-state index >= 15 is 0 Å². The van der Waals surface area contributed by atoms with Gasteiger partial charge in [-0.25, -0.2) is 0 Å². The van der Waals surface area contributed by atoms with Crippen molar-refractivity contribution in [1.29, 1.82) is 0 Å². The van der Waals surface area contributed by atoms with Gasteiger partial charge < -0.3 is 14.5 Å². The number of carbonyl (C=O) groups excluding carboxylic acids is 2. The first kappa shape index (κ1) is 19.3. The first-order valence-corrected chi connectivity index (χ1v) is 9.00. The zero-order valence-electron chi connectivity index (χ0n) is 16.0. The summed E-state index contributed by atoms with van der Waals surface area (Å²) < 4.78 is 5.84. The van der Waals surface area contributed by atoms with Gasteiger partial charge in [0, 0.05) is 33.1 Å². The molecule has 0 N–H and O–H groups in total. The predicted octanol–water partition coefficient (Wildman–Crippen LogP) is 2.83. The van der Waals surface area contributed by atoms with Crippen molar-refractivity contribution in [3.05, 3.63) is 29.8 Å². The average Bonchev–Trinajstić information content (AvgIpc) is 2.80. The Kier molecular flexibility index (Phi) is 6.09. The fraction of sp³-hybridized carbons (Fsp3) is 0.600. The van der Waals surface area contributed by atoms with E-state index in [1.54, 1.807) is 23.6 Å². The van der Waals surface area contributed by atoms with Crippen LogP contribution in [0, 0.1) is 0 Å². The van der Waals surface area contributed by atoms with Crippen molar-refractivity contribution in [1.82, 2.24) is 9.80 Å². The number of ether oxygens (including phenoxy) is 1. The van der Waals surface area contributed by atoms with E-state index in [-0.39, 0.29) is 17.2 Å². The molecule has 1 saturated heterocycles. The molecule has 0 radical (unpaired) electrons. The van der Waals surface area contributed by atoms with Crippen LogP contribution in [0.5, 0.6) is 5.75 Å². The molecule has 1 heterocycles. The molecule has 0 aliphatic carbocycles. The Balaban J connectivity index is 1.94. The normalized spacial score (nSPS) is 17.0. The molecule has 2 rings (SSSR count). The van der Waals surface area contributed by atoms with Gasteiger partial charge in [-0.2, -0.15) is 0 Å². The van der Waals surface area contributed by atoms with Crippen molar-refractivity contribution in [3.63, 3.8) is 0 Å². The molecule has 1 aliphatic heterocycles. The maximum atomic E-state index is 12.7. The molecule has 138 valence electrons. The highest BCUT2D eigenvalue weighted by atomic mass is 16.5. The highest BCUT2D eigenvalue weighted by Gasteiger charge is 2.25. The van der Waals surface area contributed by atoms with Crippen LogP contribution in [-0.2, 0) is 15.0 Å². The van der Waals surface area contributed by atoms with E-state index in [1.807, 2.05) is 24.3 Å². The number of nitrogens with zero attached hydrogens (tertiary/aromatic N) is 2. The van der Waals surface area contributed by atoms with Crippen LogP contribution < -0.4 is 4.74 Å². The van der Waals surface area contributed by atoms with Crippen LogP contribution in [0.1, 0.15) is 46.6 Å². The quantitative estimate of drug-likeness (QED) is 0.846. The van der Waals surface area contributed by atoms with Crippen LogP contribution in [0.25, 0.3) is 0 Å². The second kappa shape index (κ2) is 7.89. The molecule has 0 bridgehead atoms. The van der Waals surface area contributed by atoms with E-state index in [0.717, 1.165) is 6.42 Å². The Morgan fingerprint density at radius 1 is 1.00 bits per heavy atom. The monoisotopic (exact) mass is 346 g/mol. The lowest BCUT2D eigenvalue weighted by Gasteiger charge is -2.25. The maximum Gasteiger partial charge on any atom is 0.263 e. The van der Waals surface area contributed by atoms with Crippen LogP contribution in [0.2, 0.25) is 0 Å². The molecule has 1 fully saturated rings. The van der Waals surface area contributed by atoms with Gasteiger partial charge >= 0.3 is 0 Å². The van der Waals surface area contributed by atoms with Crippen molar-refractivity contribution < 1.29 is 14.3 Å². The molecule has 1 aliphatic rings. The third kappa shape index (κ3) is 5.21. The number of hydrogen-bond donors (Lipinski definition) is 0. The van der Waals surface area contributed by atoms with Gasteiger partial charge in [-0.3, -0.25) is 9.59 Å². The molecule has 0 saturated carbocycles. The average molecular weight is 346 g/mol.